The summed E-state index contributed by atoms with van der Waals surface area (Å²) in [5, 5.41) is 0. The molecule has 1 nitrogen and oxygen atoms in total. The molecule has 0 aromatic heterocycles. The molecule has 0 N–H and O–H groups in total. The zero-order valence-corrected chi connectivity index (χ0v) is 11.1. The number of benzene rings is 1. The Labute approximate surface area is 98.9 Å². The maximum absolute atomic E-state index is 12.1. The Hall–Kier alpha value is -1.11. The van der Waals surface area contributed by atoms with Crippen molar-refractivity contribution in [1.29, 1.82) is 0 Å². The first kappa shape index (κ1) is 13.0. The van der Waals surface area contributed by atoms with Crippen LogP contribution in [0.1, 0.15) is 53.7 Å². The minimum Gasteiger partial charge on any atom is -0.294 e. The molecule has 0 saturated carbocycles. The molecule has 0 radical (unpaired) electrons. The minimum absolute atomic E-state index is 0.295. The molecule has 0 aliphatic carbocycles. The fourth-order valence-electron chi connectivity index (χ4n) is 2.16. The molecule has 0 aliphatic rings. The predicted octanol–water partition coefficient (Wildman–Crippen LogP) is 4.23. The fraction of sp³-hybridized carbons (Fsp3) is 0.533. The van der Waals surface area contributed by atoms with Crippen molar-refractivity contribution in [2.75, 3.05) is 0 Å². The van der Waals surface area contributed by atoms with E-state index in [9.17, 15) is 4.79 Å². The summed E-state index contributed by atoms with van der Waals surface area (Å²) in [4.78, 5) is 12.1. The molecular formula is C15H22O. The first-order chi connectivity index (χ1) is 7.41. The molecule has 0 saturated heterocycles. The van der Waals surface area contributed by atoms with Gasteiger partial charge in [0.05, 0.1) is 0 Å². The lowest BCUT2D eigenvalue weighted by molar-refractivity contribution is 0.0974. The van der Waals surface area contributed by atoms with Crippen molar-refractivity contribution in [3.63, 3.8) is 0 Å². The van der Waals surface area contributed by atoms with E-state index in [2.05, 4.69) is 32.9 Å². The summed E-state index contributed by atoms with van der Waals surface area (Å²) in [5.74, 6) is 0.888. The smallest absolute Gasteiger partial charge is 0.163 e. The van der Waals surface area contributed by atoms with Crippen molar-refractivity contribution in [2.45, 2.75) is 47.5 Å². The van der Waals surface area contributed by atoms with E-state index in [4.69, 9.17) is 0 Å². The second-order valence-electron chi connectivity index (χ2n) is 5.13. The van der Waals surface area contributed by atoms with Crippen molar-refractivity contribution >= 4 is 5.78 Å². The van der Waals surface area contributed by atoms with Gasteiger partial charge in [0.1, 0.15) is 0 Å². The van der Waals surface area contributed by atoms with Gasteiger partial charge in [-0.1, -0.05) is 31.5 Å². The highest BCUT2D eigenvalue weighted by Crippen LogP contribution is 2.19. The fourth-order valence-corrected chi connectivity index (χ4v) is 2.16. The van der Waals surface area contributed by atoms with E-state index in [0.717, 1.165) is 23.1 Å². The van der Waals surface area contributed by atoms with Gasteiger partial charge < -0.3 is 0 Å². The molecule has 0 aliphatic heterocycles. The van der Waals surface area contributed by atoms with Gasteiger partial charge in [-0.2, -0.15) is 0 Å². The van der Waals surface area contributed by atoms with Gasteiger partial charge in [-0.25, -0.2) is 0 Å². The Kier molecular flexibility index (Phi) is 4.28. The van der Waals surface area contributed by atoms with Crippen LogP contribution >= 0.6 is 0 Å². The number of hydrogen-bond donors (Lipinski definition) is 0. The van der Waals surface area contributed by atoms with Crippen LogP contribution in [0, 0.1) is 26.7 Å². The van der Waals surface area contributed by atoms with Crippen LogP contribution < -0.4 is 0 Å². The molecule has 0 unspecified atom stereocenters. The molecule has 1 aromatic rings. The van der Waals surface area contributed by atoms with E-state index in [1.807, 2.05) is 13.8 Å². The second kappa shape index (κ2) is 5.29. The second-order valence-corrected chi connectivity index (χ2v) is 5.13. The zero-order valence-electron chi connectivity index (χ0n) is 11.1. The van der Waals surface area contributed by atoms with Gasteiger partial charge in [-0.15, -0.1) is 0 Å². The molecular weight excluding hydrogens is 196 g/mol. The van der Waals surface area contributed by atoms with E-state index >= 15 is 0 Å². The first-order valence-corrected chi connectivity index (χ1v) is 6.03. The van der Waals surface area contributed by atoms with E-state index in [1.165, 1.54) is 5.56 Å². The summed E-state index contributed by atoms with van der Waals surface area (Å²) in [7, 11) is 0. The quantitative estimate of drug-likeness (QED) is 0.691. The third-order valence-electron chi connectivity index (χ3n) is 2.90. The summed E-state index contributed by atoms with van der Waals surface area (Å²) in [6.45, 7) is 10.4. The SMILES string of the molecule is Cc1cc(C)c(C(=O)CCC(C)C)c(C)c1. The molecule has 0 fully saturated rings. The van der Waals surface area contributed by atoms with E-state index in [-0.39, 0.29) is 0 Å². The van der Waals surface area contributed by atoms with Crippen LogP contribution in [0.5, 0.6) is 0 Å². The van der Waals surface area contributed by atoms with Gasteiger partial charge in [0.25, 0.3) is 0 Å². The Bertz CT molecular complexity index is 365. The molecule has 0 heterocycles. The lowest BCUT2D eigenvalue weighted by atomic mass is 9.93. The average molecular weight is 218 g/mol. The standard InChI is InChI=1S/C15H22O/c1-10(2)6-7-14(16)15-12(4)8-11(3)9-13(15)5/h8-10H,6-7H2,1-5H3. The Morgan fingerprint density at radius 3 is 2.06 bits per heavy atom. The summed E-state index contributed by atoms with van der Waals surface area (Å²) in [6.07, 6.45) is 1.65. The highest BCUT2D eigenvalue weighted by molar-refractivity contribution is 5.98. The molecule has 1 rings (SSSR count). The van der Waals surface area contributed by atoms with Crippen LogP contribution in [0.2, 0.25) is 0 Å². The summed E-state index contributed by atoms with van der Waals surface area (Å²) >= 11 is 0. The van der Waals surface area contributed by atoms with E-state index in [0.29, 0.717) is 18.1 Å². The van der Waals surface area contributed by atoms with Crippen molar-refractivity contribution in [3.05, 3.63) is 34.4 Å². The summed E-state index contributed by atoms with van der Waals surface area (Å²) in [6, 6.07) is 4.19. The highest BCUT2D eigenvalue weighted by Gasteiger charge is 2.12. The van der Waals surface area contributed by atoms with Crippen LogP contribution in [-0.4, -0.2) is 5.78 Å². The third kappa shape index (κ3) is 3.19. The maximum Gasteiger partial charge on any atom is 0.163 e. The summed E-state index contributed by atoms with van der Waals surface area (Å²) < 4.78 is 0. The van der Waals surface area contributed by atoms with Crippen molar-refractivity contribution in [3.8, 4) is 0 Å². The maximum atomic E-state index is 12.1. The topological polar surface area (TPSA) is 17.1 Å². The van der Waals surface area contributed by atoms with Crippen LogP contribution in [0.4, 0.5) is 0 Å². The number of rotatable bonds is 4. The Morgan fingerprint density at radius 1 is 1.12 bits per heavy atom. The minimum atomic E-state index is 0.295. The number of ketones is 1. The molecule has 0 atom stereocenters. The van der Waals surface area contributed by atoms with Crippen LogP contribution in [0.3, 0.4) is 0 Å². The first-order valence-electron chi connectivity index (χ1n) is 6.03. The molecule has 1 aromatic carbocycles. The van der Waals surface area contributed by atoms with Crippen LogP contribution in [-0.2, 0) is 0 Å². The number of hydrogen-bond acceptors (Lipinski definition) is 1. The Morgan fingerprint density at radius 2 is 1.62 bits per heavy atom. The van der Waals surface area contributed by atoms with Gasteiger partial charge in [0.2, 0.25) is 0 Å². The number of aryl methyl sites for hydroxylation is 3. The number of carbonyl (C=O) groups excluding carboxylic acids is 1. The number of carbonyl (C=O) groups is 1. The average Bonchev–Trinajstić information content (AvgIpc) is 2.12. The molecule has 88 valence electrons. The molecule has 1 heteroatoms. The van der Waals surface area contributed by atoms with Crippen molar-refractivity contribution in [1.82, 2.24) is 0 Å². The van der Waals surface area contributed by atoms with Crippen LogP contribution in [0.25, 0.3) is 0 Å². The van der Waals surface area contributed by atoms with E-state index < -0.39 is 0 Å². The monoisotopic (exact) mass is 218 g/mol. The lowest BCUT2D eigenvalue weighted by Gasteiger charge is -2.11. The third-order valence-corrected chi connectivity index (χ3v) is 2.90. The van der Waals surface area contributed by atoms with E-state index in [1.54, 1.807) is 0 Å². The van der Waals surface area contributed by atoms with Gasteiger partial charge in [-0.05, 0) is 44.2 Å². The van der Waals surface area contributed by atoms with Gasteiger partial charge >= 0.3 is 0 Å². The van der Waals surface area contributed by atoms with Gasteiger partial charge in [0.15, 0.2) is 5.78 Å². The molecule has 0 bridgehead atoms. The van der Waals surface area contributed by atoms with Crippen molar-refractivity contribution in [2.24, 2.45) is 5.92 Å². The molecule has 16 heavy (non-hydrogen) atoms. The van der Waals surface area contributed by atoms with Crippen LogP contribution in [0.15, 0.2) is 12.1 Å². The predicted molar refractivity (Wildman–Crippen MR) is 69.1 cm³/mol. The largest absolute Gasteiger partial charge is 0.294 e. The van der Waals surface area contributed by atoms with Gasteiger partial charge in [-0.3, -0.25) is 4.79 Å². The summed E-state index contributed by atoms with van der Waals surface area (Å²) in [5.41, 5.74) is 4.40. The lowest BCUT2D eigenvalue weighted by Crippen LogP contribution is -2.06. The van der Waals surface area contributed by atoms with Crippen molar-refractivity contribution < 1.29 is 4.79 Å². The number of Topliss-reactive ketones (excluding diaryl/α,β-unsaturated/α-hetero) is 1. The molecule has 0 spiro atoms. The normalized spacial score (nSPS) is 10.9. The highest BCUT2D eigenvalue weighted by atomic mass is 16.1. The Balaban J connectivity index is 2.91. The molecule has 0 amide bonds. The zero-order chi connectivity index (χ0) is 12.3. The van der Waals surface area contributed by atoms with Gasteiger partial charge in [0, 0.05) is 12.0 Å².